The summed E-state index contributed by atoms with van der Waals surface area (Å²) in [5, 5.41) is 0. The van der Waals surface area contributed by atoms with Crippen LogP contribution in [0.4, 0.5) is 0 Å². The Hall–Kier alpha value is -1.02. The van der Waals surface area contributed by atoms with Gasteiger partial charge in [0, 0.05) is 0 Å². The lowest BCUT2D eigenvalue weighted by Gasteiger charge is -2.19. The number of methoxy groups -OCH3 is 1. The molecule has 0 aromatic heterocycles. The van der Waals surface area contributed by atoms with Crippen LogP contribution in [-0.4, -0.2) is 13.7 Å². The molecule has 2 nitrogen and oxygen atoms in total. The minimum Gasteiger partial charge on any atom is -0.497 e. The van der Waals surface area contributed by atoms with Crippen LogP contribution in [0.5, 0.6) is 5.75 Å². The Morgan fingerprint density at radius 3 is 2.62 bits per heavy atom. The van der Waals surface area contributed by atoms with Crippen LogP contribution < -0.4 is 10.5 Å². The Balaban J connectivity index is 2.82. The Labute approximate surface area is 98.8 Å². The van der Waals surface area contributed by atoms with Crippen molar-refractivity contribution in [1.82, 2.24) is 0 Å². The summed E-state index contributed by atoms with van der Waals surface area (Å²) in [6, 6.07) is 8.34. The van der Waals surface area contributed by atoms with Gasteiger partial charge in [0.05, 0.1) is 7.11 Å². The zero-order valence-corrected chi connectivity index (χ0v) is 10.6. The molecule has 90 valence electrons. The smallest absolute Gasteiger partial charge is 0.119 e. The van der Waals surface area contributed by atoms with Crippen molar-refractivity contribution in [2.45, 2.75) is 32.6 Å². The van der Waals surface area contributed by atoms with E-state index in [1.807, 2.05) is 6.07 Å². The van der Waals surface area contributed by atoms with Gasteiger partial charge in [0.25, 0.3) is 0 Å². The van der Waals surface area contributed by atoms with E-state index in [2.05, 4.69) is 32.0 Å². The van der Waals surface area contributed by atoms with Gasteiger partial charge in [-0.05, 0) is 48.9 Å². The number of rotatable bonds is 6. The van der Waals surface area contributed by atoms with Crippen LogP contribution in [0, 0.1) is 5.92 Å². The van der Waals surface area contributed by atoms with Gasteiger partial charge in [0.15, 0.2) is 0 Å². The number of hydrogen-bond acceptors (Lipinski definition) is 2. The fourth-order valence-electron chi connectivity index (χ4n) is 2.09. The van der Waals surface area contributed by atoms with E-state index in [0.29, 0.717) is 11.8 Å². The molecule has 1 unspecified atom stereocenters. The maximum Gasteiger partial charge on any atom is 0.119 e. The van der Waals surface area contributed by atoms with Crippen LogP contribution in [-0.2, 0) is 0 Å². The minimum atomic E-state index is 0.556. The second-order valence-corrected chi connectivity index (χ2v) is 4.68. The van der Waals surface area contributed by atoms with Crippen molar-refractivity contribution in [2.24, 2.45) is 11.7 Å². The average molecular weight is 221 g/mol. The molecule has 0 fully saturated rings. The van der Waals surface area contributed by atoms with Gasteiger partial charge in [-0.25, -0.2) is 0 Å². The van der Waals surface area contributed by atoms with E-state index in [-0.39, 0.29) is 0 Å². The largest absolute Gasteiger partial charge is 0.497 e. The van der Waals surface area contributed by atoms with Gasteiger partial charge in [-0.15, -0.1) is 0 Å². The molecule has 0 spiro atoms. The number of nitrogens with two attached hydrogens (primary N) is 1. The second-order valence-electron chi connectivity index (χ2n) is 4.68. The highest BCUT2D eigenvalue weighted by molar-refractivity contribution is 5.30. The molecule has 0 radical (unpaired) electrons. The second kappa shape index (κ2) is 6.54. The summed E-state index contributed by atoms with van der Waals surface area (Å²) >= 11 is 0. The Bertz CT molecular complexity index is 309. The Kier molecular flexibility index (Phi) is 5.33. The van der Waals surface area contributed by atoms with Gasteiger partial charge in [0.1, 0.15) is 5.75 Å². The molecular formula is C14H23NO. The maximum absolute atomic E-state index is 5.68. The van der Waals surface area contributed by atoms with Crippen LogP contribution >= 0.6 is 0 Å². The highest BCUT2D eigenvalue weighted by atomic mass is 16.5. The number of benzene rings is 1. The zero-order valence-electron chi connectivity index (χ0n) is 10.6. The number of ether oxygens (including phenoxy) is 1. The maximum atomic E-state index is 5.68. The molecule has 0 saturated heterocycles. The van der Waals surface area contributed by atoms with E-state index in [1.165, 1.54) is 12.0 Å². The molecule has 1 aromatic rings. The van der Waals surface area contributed by atoms with Crippen molar-refractivity contribution in [3.63, 3.8) is 0 Å². The van der Waals surface area contributed by atoms with Gasteiger partial charge >= 0.3 is 0 Å². The van der Waals surface area contributed by atoms with Crippen molar-refractivity contribution in [1.29, 1.82) is 0 Å². The lowest BCUT2D eigenvalue weighted by Crippen LogP contribution is -2.10. The molecule has 0 amide bonds. The molecule has 0 aliphatic carbocycles. The molecule has 16 heavy (non-hydrogen) atoms. The highest BCUT2D eigenvalue weighted by Gasteiger charge is 2.13. The molecule has 0 heterocycles. The molecule has 1 aromatic carbocycles. The lowest BCUT2D eigenvalue weighted by atomic mass is 9.88. The average Bonchev–Trinajstić information content (AvgIpc) is 2.28. The minimum absolute atomic E-state index is 0.556. The molecule has 2 N–H and O–H groups in total. The van der Waals surface area contributed by atoms with Crippen LogP contribution in [0.25, 0.3) is 0 Å². The molecule has 0 bridgehead atoms. The molecule has 1 atom stereocenters. The monoisotopic (exact) mass is 221 g/mol. The summed E-state index contributed by atoms with van der Waals surface area (Å²) in [6.07, 6.45) is 2.23. The van der Waals surface area contributed by atoms with E-state index in [4.69, 9.17) is 10.5 Å². The third kappa shape index (κ3) is 3.86. The van der Waals surface area contributed by atoms with Crippen LogP contribution in [0.3, 0.4) is 0 Å². The summed E-state index contributed by atoms with van der Waals surface area (Å²) in [5.74, 6) is 2.19. The highest BCUT2D eigenvalue weighted by Crippen LogP contribution is 2.28. The molecule has 0 aliphatic heterocycles. The lowest BCUT2D eigenvalue weighted by molar-refractivity contribution is 0.412. The van der Waals surface area contributed by atoms with Gasteiger partial charge in [0.2, 0.25) is 0 Å². The first-order chi connectivity index (χ1) is 7.67. The first kappa shape index (κ1) is 13.0. The quantitative estimate of drug-likeness (QED) is 0.800. The number of hydrogen-bond donors (Lipinski definition) is 1. The molecular weight excluding hydrogens is 198 g/mol. The molecule has 1 rings (SSSR count). The predicted molar refractivity (Wildman–Crippen MR) is 68.9 cm³/mol. The Morgan fingerprint density at radius 1 is 1.31 bits per heavy atom. The van der Waals surface area contributed by atoms with E-state index in [0.717, 1.165) is 18.7 Å². The van der Waals surface area contributed by atoms with E-state index in [1.54, 1.807) is 7.11 Å². The predicted octanol–water partition coefficient (Wildman–Crippen LogP) is 3.17. The summed E-state index contributed by atoms with van der Waals surface area (Å²) in [6.45, 7) is 5.25. The summed E-state index contributed by atoms with van der Waals surface area (Å²) in [5.41, 5.74) is 7.03. The zero-order chi connectivity index (χ0) is 12.0. The first-order valence-corrected chi connectivity index (χ1v) is 6.01. The van der Waals surface area contributed by atoms with E-state index >= 15 is 0 Å². The topological polar surface area (TPSA) is 35.2 Å². The summed E-state index contributed by atoms with van der Waals surface area (Å²) in [4.78, 5) is 0. The van der Waals surface area contributed by atoms with Crippen molar-refractivity contribution in [3.05, 3.63) is 29.8 Å². The third-order valence-electron chi connectivity index (χ3n) is 2.84. The van der Waals surface area contributed by atoms with Gasteiger partial charge in [-0.2, -0.15) is 0 Å². The van der Waals surface area contributed by atoms with Gasteiger partial charge in [-0.3, -0.25) is 0 Å². The van der Waals surface area contributed by atoms with E-state index < -0.39 is 0 Å². The van der Waals surface area contributed by atoms with Crippen molar-refractivity contribution in [3.8, 4) is 5.75 Å². The van der Waals surface area contributed by atoms with Crippen LogP contribution in [0.2, 0.25) is 0 Å². The molecule has 0 saturated carbocycles. The summed E-state index contributed by atoms with van der Waals surface area (Å²) < 4.78 is 5.26. The fraction of sp³-hybridized carbons (Fsp3) is 0.571. The fourth-order valence-corrected chi connectivity index (χ4v) is 2.09. The van der Waals surface area contributed by atoms with Crippen LogP contribution in [0.15, 0.2) is 24.3 Å². The van der Waals surface area contributed by atoms with Crippen molar-refractivity contribution in [2.75, 3.05) is 13.7 Å². The molecule has 2 heteroatoms. The van der Waals surface area contributed by atoms with Crippen molar-refractivity contribution >= 4 is 0 Å². The van der Waals surface area contributed by atoms with Crippen molar-refractivity contribution < 1.29 is 4.74 Å². The SMILES string of the molecule is COc1cccc(C(CCN)CC(C)C)c1. The van der Waals surface area contributed by atoms with Gasteiger partial charge in [-0.1, -0.05) is 26.0 Å². The van der Waals surface area contributed by atoms with E-state index in [9.17, 15) is 0 Å². The van der Waals surface area contributed by atoms with Crippen LogP contribution in [0.1, 0.15) is 38.2 Å². The normalized spacial score (nSPS) is 12.8. The summed E-state index contributed by atoms with van der Waals surface area (Å²) in [7, 11) is 1.71. The standard InChI is InChI=1S/C14H23NO/c1-11(2)9-13(7-8-15)12-5-4-6-14(10-12)16-3/h4-6,10-11,13H,7-9,15H2,1-3H3. The third-order valence-corrected chi connectivity index (χ3v) is 2.84. The van der Waals surface area contributed by atoms with Gasteiger partial charge < -0.3 is 10.5 Å². The Morgan fingerprint density at radius 2 is 2.06 bits per heavy atom. The molecule has 0 aliphatic rings. The first-order valence-electron chi connectivity index (χ1n) is 6.01.